The summed E-state index contributed by atoms with van der Waals surface area (Å²) in [5.41, 5.74) is 1.40. The number of rotatable bonds is 6. The fourth-order valence-electron chi connectivity index (χ4n) is 2.39. The lowest BCUT2D eigenvalue weighted by Crippen LogP contribution is -2.35. The van der Waals surface area contributed by atoms with Gasteiger partial charge in [-0.05, 0) is 30.0 Å². The fraction of sp³-hybridized carbons (Fsp3) is 0.400. The van der Waals surface area contributed by atoms with E-state index in [0.717, 1.165) is 22.0 Å². The molecule has 0 atom stereocenters. The third-order valence-electron chi connectivity index (χ3n) is 3.70. The summed E-state index contributed by atoms with van der Waals surface area (Å²) in [6, 6.07) is 7.72. The molecule has 0 radical (unpaired) electrons. The van der Waals surface area contributed by atoms with Crippen LogP contribution in [0, 0.1) is 0 Å². The maximum absolute atomic E-state index is 9.84. The molecule has 0 amide bonds. The van der Waals surface area contributed by atoms with Gasteiger partial charge in [-0.15, -0.1) is 0 Å². The summed E-state index contributed by atoms with van der Waals surface area (Å²) in [4.78, 5) is 0. The average Bonchev–Trinajstić information content (AvgIpc) is 2.88. The minimum Gasteiger partial charge on any atom is -0.395 e. The van der Waals surface area contributed by atoms with Gasteiger partial charge in [0, 0.05) is 23.1 Å². The van der Waals surface area contributed by atoms with E-state index in [0.29, 0.717) is 6.42 Å². The van der Waals surface area contributed by atoms with E-state index >= 15 is 0 Å². The van der Waals surface area contributed by atoms with Crippen molar-refractivity contribution < 1.29 is 10.2 Å². The molecule has 4 nitrogen and oxygen atoms in total. The van der Waals surface area contributed by atoms with Gasteiger partial charge in [-0.1, -0.05) is 34.1 Å². The second-order valence-electron chi connectivity index (χ2n) is 5.10. The van der Waals surface area contributed by atoms with Crippen molar-refractivity contribution in [3.63, 3.8) is 0 Å². The van der Waals surface area contributed by atoms with E-state index in [1.165, 1.54) is 0 Å². The molecule has 0 spiro atoms. The normalized spacial score (nSPS) is 11.8. The molecule has 0 aliphatic rings. The predicted octanol–water partition coefficient (Wildman–Crippen LogP) is 2.04. The predicted molar refractivity (Wildman–Crippen MR) is 81.5 cm³/mol. The SMILES string of the molecule is Cn1cc(CCC(CO)(CO)c2ccccc2Br)cn1. The number of hydrogen-bond donors (Lipinski definition) is 2. The molecular weight excluding hydrogens is 320 g/mol. The number of nitrogens with zero attached hydrogens (tertiary/aromatic N) is 2. The second-order valence-corrected chi connectivity index (χ2v) is 5.95. The summed E-state index contributed by atoms with van der Waals surface area (Å²) in [6.45, 7) is -0.182. The van der Waals surface area contributed by atoms with Gasteiger partial charge in [0.05, 0.1) is 19.4 Å². The molecule has 2 rings (SSSR count). The van der Waals surface area contributed by atoms with Gasteiger partial charge in [0.2, 0.25) is 0 Å². The van der Waals surface area contributed by atoms with Crippen molar-refractivity contribution >= 4 is 15.9 Å². The van der Waals surface area contributed by atoms with Crippen LogP contribution in [0.1, 0.15) is 17.5 Å². The first-order valence-corrected chi connectivity index (χ1v) is 7.35. The number of aliphatic hydroxyl groups is 2. The minimum atomic E-state index is -0.643. The standard InChI is InChI=1S/C15H19BrN2O2/c1-18-9-12(8-17-18)6-7-15(10-19,11-20)13-4-2-3-5-14(13)16/h2-5,8-9,19-20H,6-7,10-11H2,1H3. The van der Waals surface area contributed by atoms with E-state index in [2.05, 4.69) is 21.0 Å². The molecule has 2 aromatic rings. The van der Waals surface area contributed by atoms with Crippen LogP contribution in [0.5, 0.6) is 0 Å². The molecule has 0 unspecified atom stereocenters. The summed E-state index contributed by atoms with van der Waals surface area (Å²) in [6.07, 6.45) is 5.20. The van der Waals surface area contributed by atoms with Crippen LogP contribution in [0.2, 0.25) is 0 Å². The highest BCUT2D eigenvalue weighted by molar-refractivity contribution is 9.10. The largest absolute Gasteiger partial charge is 0.395 e. The Hall–Kier alpha value is -1.17. The van der Waals surface area contributed by atoms with Crippen molar-refractivity contribution in [2.24, 2.45) is 7.05 Å². The van der Waals surface area contributed by atoms with Crippen LogP contribution in [0.15, 0.2) is 41.1 Å². The molecule has 0 saturated carbocycles. The molecule has 1 aromatic carbocycles. The van der Waals surface area contributed by atoms with E-state index in [4.69, 9.17) is 0 Å². The number of hydrogen-bond acceptors (Lipinski definition) is 3. The van der Waals surface area contributed by atoms with Crippen LogP contribution in [0.3, 0.4) is 0 Å². The molecule has 108 valence electrons. The van der Waals surface area contributed by atoms with Gasteiger partial charge in [-0.2, -0.15) is 5.10 Å². The Morgan fingerprint density at radius 3 is 2.50 bits per heavy atom. The molecule has 0 fully saturated rings. The molecular formula is C15H19BrN2O2. The number of aliphatic hydroxyl groups excluding tert-OH is 2. The van der Waals surface area contributed by atoms with E-state index < -0.39 is 5.41 Å². The Kier molecular flexibility index (Phi) is 4.96. The van der Waals surface area contributed by atoms with E-state index in [1.54, 1.807) is 4.68 Å². The molecule has 0 aliphatic carbocycles. The van der Waals surface area contributed by atoms with Crippen molar-refractivity contribution in [3.8, 4) is 0 Å². The lowest BCUT2D eigenvalue weighted by atomic mass is 9.77. The molecule has 5 heteroatoms. The zero-order valence-corrected chi connectivity index (χ0v) is 13.0. The molecule has 0 saturated heterocycles. The van der Waals surface area contributed by atoms with Crippen molar-refractivity contribution in [3.05, 3.63) is 52.3 Å². The highest BCUT2D eigenvalue weighted by Gasteiger charge is 2.32. The maximum atomic E-state index is 9.84. The second kappa shape index (κ2) is 6.52. The van der Waals surface area contributed by atoms with Crippen LogP contribution in [0.4, 0.5) is 0 Å². The zero-order chi connectivity index (χ0) is 14.6. The molecule has 0 aliphatic heterocycles. The van der Waals surface area contributed by atoms with Crippen molar-refractivity contribution in [2.75, 3.05) is 13.2 Å². The zero-order valence-electron chi connectivity index (χ0n) is 11.5. The Bertz CT molecular complexity index is 565. The van der Waals surface area contributed by atoms with Gasteiger partial charge < -0.3 is 10.2 Å². The molecule has 20 heavy (non-hydrogen) atoms. The average molecular weight is 339 g/mol. The first-order chi connectivity index (χ1) is 9.61. The van der Waals surface area contributed by atoms with Crippen molar-refractivity contribution in [2.45, 2.75) is 18.3 Å². The summed E-state index contributed by atoms with van der Waals surface area (Å²) in [5.74, 6) is 0. The number of aromatic nitrogens is 2. The van der Waals surface area contributed by atoms with Crippen molar-refractivity contribution in [1.82, 2.24) is 9.78 Å². The van der Waals surface area contributed by atoms with Crippen LogP contribution in [0.25, 0.3) is 0 Å². The van der Waals surface area contributed by atoms with E-state index in [-0.39, 0.29) is 13.2 Å². The van der Waals surface area contributed by atoms with Gasteiger partial charge in [0.1, 0.15) is 0 Å². The minimum absolute atomic E-state index is 0.0909. The van der Waals surface area contributed by atoms with Gasteiger partial charge in [0.25, 0.3) is 0 Å². The van der Waals surface area contributed by atoms with E-state index in [9.17, 15) is 10.2 Å². The number of halogens is 1. The maximum Gasteiger partial charge on any atom is 0.0550 e. The summed E-state index contributed by atoms with van der Waals surface area (Å²) < 4.78 is 2.67. The first-order valence-electron chi connectivity index (χ1n) is 6.55. The summed E-state index contributed by atoms with van der Waals surface area (Å²) in [5, 5.41) is 23.8. The third kappa shape index (κ3) is 3.11. The molecule has 1 aromatic heterocycles. The molecule has 1 heterocycles. The van der Waals surface area contributed by atoms with Crippen molar-refractivity contribution in [1.29, 1.82) is 0 Å². The van der Waals surface area contributed by atoms with Gasteiger partial charge in [-0.3, -0.25) is 4.68 Å². The highest BCUT2D eigenvalue weighted by Crippen LogP contribution is 2.34. The van der Waals surface area contributed by atoms with Crippen LogP contribution >= 0.6 is 15.9 Å². The van der Waals surface area contributed by atoms with Gasteiger partial charge >= 0.3 is 0 Å². The summed E-state index contributed by atoms with van der Waals surface area (Å²) in [7, 11) is 1.88. The highest BCUT2D eigenvalue weighted by atomic mass is 79.9. The Morgan fingerprint density at radius 1 is 1.25 bits per heavy atom. The fourth-order valence-corrected chi connectivity index (χ4v) is 3.09. The summed E-state index contributed by atoms with van der Waals surface area (Å²) >= 11 is 3.51. The van der Waals surface area contributed by atoms with Crippen LogP contribution in [-0.2, 0) is 18.9 Å². The number of benzene rings is 1. The van der Waals surface area contributed by atoms with Crippen LogP contribution < -0.4 is 0 Å². The van der Waals surface area contributed by atoms with Gasteiger partial charge in [-0.25, -0.2) is 0 Å². The monoisotopic (exact) mass is 338 g/mol. The van der Waals surface area contributed by atoms with Crippen LogP contribution in [-0.4, -0.2) is 33.2 Å². The third-order valence-corrected chi connectivity index (χ3v) is 4.39. The first kappa shape index (κ1) is 15.2. The Morgan fingerprint density at radius 2 is 1.95 bits per heavy atom. The Labute approximate surface area is 127 Å². The van der Waals surface area contributed by atoms with Gasteiger partial charge in [0.15, 0.2) is 0 Å². The number of aryl methyl sites for hydroxylation is 2. The lowest BCUT2D eigenvalue weighted by Gasteiger charge is -2.31. The quantitative estimate of drug-likeness (QED) is 0.847. The molecule has 0 bridgehead atoms. The smallest absolute Gasteiger partial charge is 0.0550 e. The topological polar surface area (TPSA) is 58.3 Å². The Balaban J connectivity index is 2.23. The lowest BCUT2D eigenvalue weighted by molar-refractivity contribution is 0.109. The molecule has 2 N–H and O–H groups in total. The van der Waals surface area contributed by atoms with E-state index in [1.807, 2.05) is 43.7 Å².